The molecule has 1 rings (SSSR count). The number of hydrogen-bond donors (Lipinski definition) is 2. The van der Waals surface area contributed by atoms with Crippen molar-refractivity contribution in [2.24, 2.45) is 0 Å². The number of ether oxygens (including phenoxy) is 1. The average molecular weight is 182 g/mol. The predicted octanol–water partition coefficient (Wildman–Crippen LogP) is 0.902. The molecule has 1 aromatic carbocycles. The van der Waals surface area contributed by atoms with Gasteiger partial charge in [-0.1, -0.05) is 30.3 Å². The molecule has 2 N–H and O–H groups in total. The average Bonchev–Trinajstić information content (AvgIpc) is 2.15. The number of aliphatic hydroxyl groups is 2. The van der Waals surface area contributed by atoms with Crippen molar-refractivity contribution in [3.63, 3.8) is 0 Å². The maximum Gasteiger partial charge on any atom is 0.180 e. The molecule has 0 aliphatic heterocycles. The second-order valence-electron chi connectivity index (χ2n) is 2.93. The monoisotopic (exact) mass is 182 g/mol. The van der Waals surface area contributed by atoms with E-state index >= 15 is 0 Å². The van der Waals surface area contributed by atoms with Gasteiger partial charge < -0.3 is 14.9 Å². The van der Waals surface area contributed by atoms with Crippen molar-refractivity contribution < 1.29 is 14.9 Å². The molecule has 72 valence electrons. The van der Waals surface area contributed by atoms with Crippen LogP contribution in [0.4, 0.5) is 0 Å². The lowest BCUT2D eigenvalue weighted by atomic mass is 10.2. The Balaban J connectivity index is 2.35. The van der Waals surface area contributed by atoms with Gasteiger partial charge in [-0.3, -0.25) is 0 Å². The van der Waals surface area contributed by atoms with Gasteiger partial charge >= 0.3 is 0 Å². The van der Waals surface area contributed by atoms with Gasteiger partial charge in [-0.25, -0.2) is 0 Å². The van der Waals surface area contributed by atoms with E-state index < -0.39 is 12.4 Å². The molecule has 0 heterocycles. The largest absolute Gasteiger partial charge is 0.388 e. The first-order valence-corrected chi connectivity index (χ1v) is 4.22. The van der Waals surface area contributed by atoms with Gasteiger partial charge in [0, 0.05) is 0 Å². The van der Waals surface area contributed by atoms with E-state index in [0.717, 1.165) is 5.56 Å². The molecular weight excluding hydrogens is 168 g/mol. The van der Waals surface area contributed by atoms with Gasteiger partial charge in [0.25, 0.3) is 0 Å². The summed E-state index contributed by atoms with van der Waals surface area (Å²) >= 11 is 0. The van der Waals surface area contributed by atoms with E-state index in [-0.39, 0.29) is 0 Å². The highest BCUT2D eigenvalue weighted by atomic mass is 16.6. The highest BCUT2D eigenvalue weighted by molar-refractivity contribution is 5.13. The van der Waals surface area contributed by atoms with Crippen LogP contribution in [-0.2, 0) is 11.3 Å². The fourth-order valence-electron chi connectivity index (χ4n) is 0.895. The fraction of sp³-hybridized carbons (Fsp3) is 0.400. The lowest BCUT2D eigenvalue weighted by molar-refractivity contribution is -0.162. The molecule has 3 nitrogen and oxygen atoms in total. The van der Waals surface area contributed by atoms with E-state index in [9.17, 15) is 0 Å². The van der Waals surface area contributed by atoms with Gasteiger partial charge in [0.15, 0.2) is 6.29 Å². The van der Waals surface area contributed by atoms with Crippen molar-refractivity contribution in [1.82, 2.24) is 0 Å². The quantitative estimate of drug-likeness (QED) is 0.680. The van der Waals surface area contributed by atoms with E-state index in [0.29, 0.717) is 6.61 Å². The van der Waals surface area contributed by atoms with E-state index in [1.807, 2.05) is 30.3 Å². The minimum atomic E-state index is -1.11. The molecule has 0 aliphatic carbocycles. The minimum absolute atomic E-state index is 0.312. The molecule has 0 fully saturated rings. The van der Waals surface area contributed by atoms with Crippen LogP contribution in [-0.4, -0.2) is 22.6 Å². The Morgan fingerprint density at radius 1 is 1.23 bits per heavy atom. The zero-order chi connectivity index (χ0) is 9.68. The van der Waals surface area contributed by atoms with Crippen LogP contribution in [0, 0.1) is 0 Å². The smallest absolute Gasteiger partial charge is 0.180 e. The summed E-state index contributed by atoms with van der Waals surface area (Å²) in [6, 6.07) is 9.50. The van der Waals surface area contributed by atoms with Crippen LogP contribution >= 0.6 is 0 Å². The Morgan fingerprint density at radius 2 is 1.85 bits per heavy atom. The van der Waals surface area contributed by atoms with Crippen LogP contribution in [0.1, 0.15) is 12.5 Å². The molecule has 2 atom stereocenters. The summed E-state index contributed by atoms with van der Waals surface area (Å²) in [4.78, 5) is 0. The number of aliphatic hydroxyl groups excluding tert-OH is 2. The molecular formula is C10H14O3. The Kier molecular flexibility index (Phi) is 3.89. The normalized spacial score (nSPS) is 15.3. The molecule has 0 aromatic heterocycles. The van der Waals surface area contributed by atoms with Crippen molar-refractivity contribution in [2.45, 2.75) is 25.9 Å². The summed E-state index contributed by atoms with van der Waals surface area (Å²) in [7, 11) is 0. The second-order valence-corrected chi connectivity index (χ2v) is 2.93. The molecule has 0 bridgehead atoms. The summed E-state index contributed by atoms with van der Waals surface area (Å²) < 4.78 is 5.00. The van der Waals surface area contributed by atoms with Crippen molar-refractivity contribution in [3.05, 3.63) is 35.9 Å². The summed E-state index contributed by atoms with van der Waals surface area (Å²) in [6.07, 6.45) is -1.97. The van der Waals surface area contributed by atoms with Crippen molar-refractivity contribution >= 4 is 0 Å². The third-order valence-corrected chi connectivity index (χ3v) is 1.68. The molecule has 1 aromatic rings. The Morgan fingerprint density at radius 3 is 2.38 bits per heavy atom. The molecule has 0 unspecified atom stereocenters. The van der Waals surface area contributed by atoms with Crippen molar-refractivity contribution in [3.8, 4) is 0 Å². The third-order valence-electron chi connectivity index (χ3n) is 1.68. The van der Waals surface area contributed by atoms with Crippen LogP contribution in [0.15, 0.2) is 30.3 Å². The topological polar surface area (TPSA) is 49.7 Å². The Bertz CT molecular complexity index is 233. The number of hydrogen-bond acceptors (Lipinski definition) is 3. The molecule has 3 heteroatoms. The van der Waals surface area contributed by atoms with Crippen LogP contribution < -0.4 is 0 Å². The van der Waals surface area contributed by atoms with Crippen molar-refractivity contribution in [2.75, 3.05) is 0 Å². The molecule has 0 spiro atoms. The van der Waals surface area contributed by atoms with E-state index in [4.69, 9.17) is 14.9 Å². The summed E-state index contributed by atoms with van der Waals surface area (Å²) in [5, 5.41) is 18.0. The second kappa shape index (κ2) is 4.97. The highest BCUT2D eigenvalue weighted by Gasteiger charge is 2.10. The molecule has 0 radical (unpaired) electrons. The van der Waals surface area contributed by atoms with Gasteiger partial charge in [0.1, 0.15) is 6.10 Å². The molecule has 0 aliphatic rings. The lowest BCUT2D eigenvalue weighted by Gasteiger charge is -2.14. The summed E-state index contributed by atoms with van der Waals surface area (Å²) in [5.74, 6) is 0. The summed E-state index contributed by atoms with van der Waals surface area (Å²) in [6.45, 7) is 1.79. The Hall–Kier alpha value is -0.900. The highest BCUT2D eigenvalue weighted by Crippen LogP contribution is 2.03. The molecule has 0 saturated heterocycles. The zero-order valence-corrected chi connectivity index (χ0v) is 7.55. The van der Waals surface area contributed by atoms with Crippen molar-refractivity contribution in [1.29, 1.82) is 0 Å². The zero-order valence-electron chi connectivity index (χ0n) is 7.55. The van der Waals surface area contributed by atoms with Crippen LogP contribution in [0.25, 0.3) is 0 Å². The SMILES string of the molecule is C[C@H](O)[C@@H](O)OCc1ccccc1. The fourth-order valence-corrected chi connectivity index (χ4v) is 0.895. The van der Waals surface area contributed by atoms with Gasteiger partial charge in [0.05, 0.1) is 6.61 Å². The van der Waals surface area contributed by atoms with Crippen LogP contribution in [0.5, 0.6) is 0 Å². The molecule has 13 heavy (non-hydrogen) atoms. The number of rotatable bonds is 4. The maximum atomic E-state index is 9.12. The number of benzene rings is 1. The summed E-state index contributed by atoms with van der Waals surface area (Å²) in [5.41, 5.74) is 0.974. The van der Waals surface area contributed by atoms with E-state index in [2.05, 4.69) is 0 Å². The predicted molar refractivity (Wildman–Crippen MR) is 48.9 cm³/mol. The van der Waals surface area contributed by atoms with Crippen LogP contribution in [0.2, 0.25) is 0 Å². The van der Waals surface area contributed by atoms with Crippen LogP contribution in [0.3, 0.4) is 0 Å². The third kappa shape index (κ3) is 3.55. The lowest BCUT2D eigenvalue weighted by Crippen LogP contribution is -2.25. The molecule has 0 saturated carbocycles. The van der Waals surface area contributed by atoms with Gasteiger partial charge in [-0.15, -0.1) is 0 Å². The Labute approximate surface area is 77.6 Å². The van der Waals surface area contributed by atoms with Gasteiger partial charge in [-0.05, 0) is 12.5 Å². The first kappa shape index (κ1) is 10.2. The minimum Gasteiger partial charge on any atom is -0.388 e. The van der Waals surface area contributed by atoms with Gasteiger partial charge in [-0.2, -0.15) is 0 Å². The standard InChI is InChI=1S/C10H14O3/c1-8(11)10(12)13-7-9-5-3-2-4-6-9/h2-6,8,10-12H,7H2,1H3/t8-,10-/m0/s1. The first-order chi connectivity index (χ1) is 6.20. The van der Waals surface area contributed by atoms with Gasteiger partial charge in [0.2, 0.25) is 0 Å². The maximum absolute atomic E-state index is 9.12. The molecule has 0 amide bonds. The van der Waals surface area contributed by atoms with E-state index in [1.165, 1.54) is 6.92 Å². The first-order valence-electron chi connectivity index (χ1n) is 4.22. The van der Waals surface area contributed by atoms with E-state index in [1.54, 1.807) is 0 Å².